The monoisotopic (exact) mass is 307 g/mol. The summed E-state index contributed by atoms with van der Waals surface area (Å²) < 4.78 is 5.65. The predicted molar refractivity (Wildman–Crippen MR) is 83.9 cm³/mol. The van der Waals surface area contributed by atoms with E-state index in [0.717, 1.165) is 16.9 Å². The van der Waals surface area contributed by atoms with Gasteiger partial charge in [-0.05, 0) is 50.3 Å². The summed E-state index contributed by atoms with van der Waals surface area (Å²) in [5, 5.41) is 19.3. The molecule has 1 saturated heterocycles. The van der Waals surface area contributed by atoms with Crippen molar-refractivity contribution >= 4 is 5.91 Å². The zero-order valence-corrected chi connectivity index (χ0v) is 13.3. The molecule has 0 aromatic heterocycles. The maximum absolute atomic E-state index is 12.3. The quantitative estimate of drug-likeness (QED) is 0.882. The summed E-state index contributed by atoms with van der Waals surface area (Å²) in [6.45, 7) is 4.77. The van der Waals surface area contributed by atoms with E-state index in [9.17, 15) is 15.0 Å². The van der Waals surface area contributed by atoms with Crippen LogP contribution in [0.1, 0.15) is 30.4 Å². The Morgan fingerprint density at radius 1 is 1.32 bits per heavy atom. The number of aliphatic hydroxyl groups is 2. The van der Waals surface area contributed by atoms with E-state index in [1.807, 2.05) is 32.0 Å². The number of ether oxygens (including phenoxy) is 1. The van der Waals surface area contributed by atoms with Gasteiger partial charge in [0.05, 0.1) is 12.2 Å². The first-order chi connectivity index (χ1) is 10.4. The third-order valence-corrected chi connectivity index (χ3v) is 4.47. The molecule has 0 spiro atoms. The molecule has 2 rings (SSSR count). The second-order valence-corrected chi connectivity index (χ2v) is 6.10. The van der Waals surface area contributed by atoms with Crippen molar-refractivity contribution in [3.8, 4) is 5.75 Å². The molecule has 1 aliphatic heterocycles. The normalized spacial score (nSPS) is 22.3. The molecule has 1 aromatic carbocycles. The minimum atomic E-state index is -1.05. The van der Waals surface area contributed by atoms with Gasteiger partial charge in [-0.1, -0.05) is 12.1 Å². The molecule has 1 fully saturated rings. The van der Waals surface area contributed by atoms with Crippen molar-refractivity contribution in [1.29, 1.82) is 0 Å². The Balaban J connectivity index is 1.91. The lowest BCUT2D eigenvalue weighted by molar-refractivity contribution is -0.133. The van der Waals surface area contributed by atoms with Crippen LogP contribution in [0.25, 0.3) is 0 Å². The predicted octanol–water partition coefficient (Wildman–Crippen LogP) is 1.42. The van der Waals surface area contributed by atoms with E-state index in [-0.39, 0.29) is 19.1 Å². The van der Waals surface area contributed by atoms with Crippen LogP contribution in [0.4, 0.5) is 0 Å². The number of likely N-dealkylation sites (tertiary alicyclic amines) is 1. The molecule has 0 unspecified atom stereocenters. The Labute approximate surface area is 131 Å². The van der Waals surface area contributed by atoms with Gasteiger partial charge in [0, 0.05) is 13.1 Å². The smallest absolute Gasteiger partial charge is 0.260 e. The molecule has 5 nitrogen and oxygen atoms in total. The third kappa shape index (κ3) is 3.99. The fourth-order valence-corrected chi connectivity index (χ4v) is 2.70. The average molecular weight is 307 g/mol. The van der Waals surface area contributed by atoms with Crippen molar-refractivity contribution in [3.63, 3.8) is 0 Å². The molecule has 0 saturated carbocycles. The molecule has 1 amide bonds. The van der Waals surface area contributed by atoms with E-state index in [0.29, 0.717) is 32.4 Å². The van der Waals surface area contributed by atoms with Crippen LogP contribution in [0.3, 0.4) is 0 Å². The zero-order chi connectivity index (χ0) is 16.2. The molecule has 1 aliphatic rings. The number of hydrogen-bond donors (Lipinski definition) is 2. The summed E-state index contributed by atoms with van der Waals surface area (Å²) in [6, 6.07) is 5.78. The van der Waals surface area contributed by atoms with E-state index >= 15 is 0 Å². The number of rotatable bonds is 4. The minimum absolute atomic E-state index is 0.00183. The molecule has 1 atom stereocenters. The lowest BCUT2D eigenvalue weighted by atomic mass is 9.96. The maximum atomic E-state index is 12.3. The number of nitrogens with zero attached hydrogens (tertiary/aromatic N) is 1. The Hall–Kier alpha value is -1.59. The summed E-state index contributed by atoms with van der Waals surface area (Å²) in [6.07, 6.45) is 1.61. The molecule has 5 heteroatoms. The number of amides is 1. The summed E-state index contributed by atoms with van der Waals surface area (Å²) in [5.74, 6) is 0.651. The highest BCUT2D eigenvalue weighted by Crippen LogP contribution is 2.23. The van der Waals surface area contributed by atoms with Gasteiger partial charge >= 0.3 is 0 Å². The van der Waals surface area contributed by atoms with Gasteiger partial charge in [0.25, 0.3) is 5.91 Å². The first-order valence-corrected chi connectivity index (χ1v) is 7.75. The zero-order valence-electron chi connectivity index (χ0n) is 13.3. The van der Waals surface area contributed by atoms with E-state index in [4.69, 9.17) is 4.74 Å². The van der Waals surface area contributed by atoms with Gasteiger partial charge in [-0.2, -0.15) is 0 Å². The fraction of sp³-hybridized carbons (Fsp3) is 0.588. The van der Waals surface area contributed by atoms with Crippen LogP contribution in [0.2, 0.25) is 0 Å². The molecule has 0 radical (unpaired) electrons. The van der Waals surface area contributed by atoms with Crippen LogP contribution in [-0.4, -0.2) is 52.9 Å². The Bertz CT molecular complexity index is 531. The van der Waals surface area contributed by atoms with Crippen LogP contribution >= 0.6 is 0 Å². The van der Waals surface area contributed by atoms with Crippen LogP contribution in [-0.2, 0) is 4.79 Å². The highest BCUT2D eigenvalue weighted by atomic mass is 16.5. The first-order valence-electron chi connectivity index (χ1n) is 7.75. The topological polar surface area (TPSA) is 70.0 Å². The molecule has 0 aliphatic carbocycles. The Morgan fingerprint density at radius 3 is 2.82 bits per heavy atom. The molecular formula is C17H25NO4. The van der Waals surface area contributed by atoms with Crippen LogP contribution in [0.5, 0.6) is 5.75 Å². The summed E-state index contributed by atoms with van der Waals surface area (Å²) in [4.78, 5) is 14.0. The highest BCUT2D eigenvalue weighted by molar-refractivity contribution is 5.77. The minimum Gasteiger partial charge on any atom is -0.483 e. The molecule has 1 heterocycles. The number of carbonyl (C=O) groups excluding carboxylic acids is 1. The molecule has 22 heavy (non-hydrogen) atoms. The van der Waals surface area contributed by atoms with E-state index in [1.165, 1.54) is 0 Å². The lowest BCUT2D eigenvalue weighted by Gasteiger charge is -2.24. The number of hydrogen-bond acceptors (Lipinski definition) is 4. The van der Waals surface area contributed by atoms with Gasteiger partial charge in [0.15, 0.2) is 6.61 Å². The van der Waals surface area contributed by atoms with Gasteiger partial charge in [-0.15, -0.1) is 0 Å². The SMILES string of the molecule is Cc1cccc(OCC(=O)N2CCC[C@](O)(CO)CC2)c1C. The second kappa shape index (κ2) is 7.11. The number of benzene rings is 1. The van der Waals surface area contributed by atoms with Crippen molar-refractivity contribution in [2.24, 2.45) is 0 Å². The number of aliphatic hydroxyl groups excluding tert-OH is 1. The van der Waals surface area contributed by atoms with Crippen molar-refractivity contribution in [1.82, 2.24) is 4.90 Å². The largest absolute Gasteiger partial charge is 0.483 e. The summed E-state index contributed by atoms with van der Waals surface area (Å²) in [5.41, 5.74) is 1.12. The van der Waals surface area contributed by atoms with Gasteiger partial charge < -0.3 is 19.8 Å². The molecule has 1 aromatic rings. The van der Waals surface area contributed by atoms with Gasteiger partial charge in [-0.3, -0.25) is 4.79 Å². The van der Waals surface area contributed by atoms with Crippen LogP contribution < -0.4 is 4.74 Å². The summed E-state index contributed by atoms with van der Waals surface area (Å²) in [7, 11) is 0. The third-order valence-electron chi connectivity index (χ3n) is 4.47. The first kappa shape index (κ1) is 16.8. The highest BCUT2D eigenvalue weighted by Gasteiger charge is 2.30. The van der Waals surface area contributed by atoms with E-state index < -0.39 is 5.60 Å². The average Bonchev–Trinajstić information content (AvgIpc) is 2.71. The maximum Gasteiger partial charge on any atom is 0.260 e. The summed E-state index contributed by atoms with van der Waals surface area (Å²) >= 11 is 0. The number of aryl methyl sites for hydroxylation is 1. The second-order valence-electron chi connectivity index (χ2n) is 6.10. The van der Waals surface area contributed by atoms with Crippen LogP contribution in [0.15, 0.2) is 18.2 Å². The number of carbonyl (C=O) groups is 1. The van der Waals surface area contributed by atoms with Crippen molar-refractivity contribution in [3.05, 3.63) is 29.3 Å². The van der Waals surface area contributed by atoms with Gasteiger partial charge in [-0.25, -0.2) is 0 Å². The Morgan fingerprint density at radius 2 is 2.09 bits per heavy atom. The van der Waals surface area contributed by atoms with Crippen molar-refractivity contribution < 1.29 is 19.7 Å². The molecule has 0 bridgehead atoms. The molecule has 2 N–H and O–H groups in total. The molecular weight excluding hydrogens is 282 g/mol. The molecule has 122 valence electrons. The van der Waals surface area contributed by atoms with Gasteiger partial charge in [0.1, 0.15) is 5.75 Å². The standard InChI is InChI=1S/C17H25NO4/c1-13-5-3-6-15(14(13)2)22-11-16(20)18-9-4-7-17(21,12-19)8-10-18/h3,5-6,19,21H,4,7-12H2,1-2H3/t17-/m1/s1. The van der Waals surface area contributed by atoms with Gasteiger partial charge in [0.2, 0.25) is 0 Å². The van der Waals surface area contributed by atoms with E-state index in [2.05, 4.69) is 0 Å². The van der Waals surface area contributed by atoms with Crippen molar-refractivity contribution in [2.45, 2.75) is 38.7 Å². The van der Waals surface area contributed by atoms with E-state index in [1.54, 1.807) is 4.90 Å². The fourth-order valence-electron chi connectivity index (χ4n) is 2.70. The van der Waals surface area contributed by atoms with Crippen LogP contribution in [0, 0.1) is 13.8 Å². The lowest BCUT2D eigenvalue weighted by Crippen LogP contribution is -2.38. The van der Waals surface area contributed by atoms with Crippen molar-refractivity contribution in [2.75, 3.05) is 26.3 Å². The Kier molecular flexibility index (Phi) is 5.42.